The Morgan fingerprint density at radius 3 is 2.33 bits per heavy atom. The van der Waals surface area contributed by atoms with Gasteiger partial charge >= 0.3 is 5.97 Å². The molecular formula is C29H31Cl2N5O5S. The van der Waals surface area contributed by atoms with E-state index in [0.717, 1.165) is 35.9 Å². The standard InChI is InChI=1S/C29H31Cl2N5O5S/c1-29(2,3)27(28(37)38)36(42(39,40)23-16-19(30)15-20(31)17-23)22-4-5-24-18(14-22)8-11-35(24)26-7-6-25(33-34-26)32-21-9-12-41-13-10-21/h4-8,11,14-17,21,27H,9-10,12-13H2,1-3H3,(H,32,33)(H,37,38). The van der Waals surface area contributed by atoms with Crippen molar-refractivity contribution in [3.8, 4) is 5.82 Å². The maximum Gasteiger partial charge on any atom is 0.328 e. The minimum Gasteiger partial charge on any atom is -0.480 e. The third-order valence-corrected chi connectivity index (χ3v) is 9.29. The lowest BCUT2D eigenvalue weighted by Crippen LogP contribution is -2.52. The molecule has 2 aromatic carbocycles. The molecule has 10 nitrogen and oxygen atoms in total. The molecule has 1 saturated heterocycles. The number of anilines is 2. The number of rotatable bonds is 8. The van der Waals surface area contributed by atoms with Gasteiger partial charge in [0.25, 0.3) is 10.0 Å². The molecule has 0 aliphatic carbocycles. The number of aromatic nitrogens is 3. The van der Waals surface area contributed by atoms with Crippen LogP contribution in [0.3, 0.4) is 0 Å². The summed E-state index contributed by atoms with van der Waals surface area (Å²) in [6.07, 6.45) is 3.62. The molecule has 1 aliphatic rings. The number of aliphatic carboxylic acids is 1. The van der Waals surface area contributed by atoms with Gasteiger partial charge in [0, 0.05) is 40.9 Å². The Morgan fingerprint density at radius 1 is 1.05 bits per heavy atom. The van der Waals surface area contributed by atoms with Crippen molar-refractivity contribution in [1.29, 1.82) is 0 Å². The minimum atomic E-state index is -4.42. The normalized spacial score (nSPS) is 15.5. The first-order chi connectivity index (χ1) is 19.8. The lowest BCUT2D eigenvalue weighted by molar-refractivity contribution is -0.140. The zero-order valence-electron chi connectivity index (χ0n) is 23.3. The summed E-state index contributed by atoms with van der Waals surface area (Å²) in [5.74, 6) is -0.0405. The molecule has 2 N–H and O–H groups in total. The molecule has 3 heterocycles. The van der Waals surface area contributed by atoms with Crippen molar-refractivity contribution < 1.29 is 23.1 Å². The lowest BCUT2D eigenvalue weighted by Gasteiger charge is -2.37. The zero-order chi connectivity index (χ0) is 30.2. The Bertz CT molecular complexity index is 1690. The second kappa shape index (κ2) is 11.7. The molecule has 0 radical (unpaired) electrons. The Hall–Kier alpha value is -3.38. The van der Waals surface area contributed by atoms with E-state index in [1.54, 1.807) is 45.2 Å². The van der Waals surface area contributed by atoms with Crippen LogP contribution in [0.1, 0.15) is 33.6 Å². The molecule has 222 valence electrons. The van der Waals surface area contributed by atoms with Crippen LogP contribution in [-0.4, -0.2) is 59.6 Å². The summed E-state index contributed by atoms with van der Waals surface area (Å²) in [6, 6.07) is 13.2. The first-order valence-corrected chi connectivity index (χ1v) is 15.6. The van der Waals surface area contributed by atoms with Crippen molar-refractivity contribution in [3.63, 3.8) is 0 Å². The number of fused-ring (bicyclic) bond motifs is 1. The van der Waals surface area contributed by atoms with Crippen LogP contribution >= 0.6 is 23.2 Å². The maximum absolute atomic E-state index is 14.1. The lowest BCUT2D eigenvalue weighted by atomic mass is 9.86. The van der Waals surface area contributed by atoms with Crippen molar-refractivity contribution in [1.82, 2.24) is 14.8 Å². The summed E-state index contributed by atoms with van der Waals surface area (Å²) in [7, 11) is -4.42. The van der Waals surface area contributed by atoms with E-state index in [4.69, 9.17) is 27.9 Å². The molecule has 1 fully saturated rings. The van der Waals surface area contributed by atoms with Crippen LogP contribution in [0.15, 0.2) is 65.7 Å². The summed E-state index contributed by atoms with van der Waals surface area (Å²) in [4.78, 5) is 12.4. The number of benzene rings is 2. The fourth-order valence-electron chi connectivity index (χ4n) is 5.09. The molecule has 0 saturated carbocycles. The predicted molar refractivity (Wildman–Crippen MR) is 163 cm³/mol. The molecule has 0 bridgehead atoms. The van der Waals surface area contributed by atoms with Gasteiger partial charge in [0.05, 0.1) is 16.1 Å². The van der Waals surface area contributed by atoms with Gasteiger partial charge in [-0.2, -0.15) is 0 Å². The van der Waals surface area contributed by atoms with E-state index in [0.29, 0.717) is 17.0 Å². The predicted octanol–water partition coefficient (Wildman–Crippen LogP) is 6.01. The Balaban J connectivity index is 1.54. The number of carboxylic acid groups (broad SMARTS) is 1. The summed E-state index contributed by atoms with van der Waals surface area (Å²) < 4.78 is 36.3. The second-order valence-electron chi connectivity index (χ2n) is 11.2. The van der Waals surface area contributed by atoms with Crippen molar-refractivity contribution in [2.75, 3.05) is 22.8 Å². The maximum atomic E-state index is 14.1. The molecule has 0 spiro atoms. The van der Waals surface area contributed by atoms with Crippen molar-refractivity contribution >= 4 is 61.6 Å². The van der Waals surface area contributed by atoms with Crippen LogP contribution in [0.2, 0.25) is 10.0 Å². The highest BCUT2D eigenvalue weighted by atomic mass is 35.5. The fraction of sp³-hybridized carbons (Fsp3) is 0.345. The number of carboxylic acids is 1. The fourth-order valence-corrected chi connectivity index (χ4v) is 7.60. The zero-order valence-corrected chi connectivity index (χ0v) is 25.6. The molecule has 2 aromatic heterocycles. The Kier molecular flexibility index (Phi) is 8.39. The van der Waals surface area contributed by atoms with Crippen LogP contribution in [0, 0.1) is 5.41 Å². The number of nitrogens with zero attached hydrogens (tertiary/aromatic N) is 4. The highest BCUT2D eigenvalue weighted by Crippen LogP contribution is 2.37. The summed E-state index contributed by atoms with van der Waals surface area (Å²) >= 11 is 12.3. The topological polar surface area (TPSA) is 127 Å². The Morgan fingerprint density at radius 2 is 1.74 bits per heavy atom. The first-order valence-electron chi connectivity index (χ1n) is 13.4. The van der Waals surface area contributed by atoms with Crippen LogP contribution in [0.25, 0.3) is 16.7 Å². The second-order valence-corrected chi connectivity index (χ2v) is 13.9. The number of nitrogens with one attached hydrogen (secondary N) is 1. The van der Waals surface area contributed by atoms with Gasteiger partial charge in [-0.1, -0.05) is 44.0 Å². The molecule has 1 aliphatic heterocycles. The highest BCUT2D eigenvalue weighted by Gasteiger charge is 2.43. The van der Waals surface area contributed by atoms with E-state index in [1.165, 1.54) is 18.2 Å². The van der Waals surface area contributed by atoms with E-state index in [-0.39, 0.29) is 26.7 Å². The van der Waals surface area contributed by atoms with Gasteiger partial charge in [-0.05, 0) is 72.9 Å². The van der Waals surface area contributed by atoms with Gasteiger partial charge in [0.1, 0.15) is 11.9 Å². The van der Waals surface area contributed by atoms with Crippen molar-refractivity contribution in [3.05, 3.63) is 70.8 Å². The average Bonchev–Trinajstić information content (AvgIpc) is 3.34. The van der Waals surface area contributed by atoms with E-state index in [2.05, 4.69) is 15.5 Å². The molecule has 42 heavy (non-hydrogen) atoms. The molecular weight excluding hydrogens is 601 g/mol. The number of hydrogen-bond donors (Lipinski definition) is 2. The van der Waals surface area contributed by atoms with Crippen LogP contribution < -0.4 is 9.62 Å². The van der Waals surface area contributed by atoms with Gasteiger partial charge in [0.2, 0.25) is 0 Å². The average molecular weight is 633 g/mol. The van der Waals surface area contributed by atoms with Gasteiger partial charge in [-0.15, -0.1) is 10.2 Å². The molecule has 0 amide bonds. The number of ether oxygens (including phenoxy) is 1. The summed E-state index contributed by atoms with van der Waals surface area (Å²) in [5, 5.41) is 23.3. The van der Waals surface area contributed by atoms with Gasteiger partial charge in [0.15, 0.2) is 5.82 Å². The van der Waals surface area contributed by atoms with E-state index >= 15 is 0 Å². The Labute approximate surface area is 254 Å². The van der Waals surface area contributed by atoms with Crippen molar-refractivity contribution in [2.24, 2.45) is 5.41 Å². The van der Waals surface area contributed by atoms with Crippen molar-refractivity contribution in [2.45, 2.75) is 50.6 Å². The molecule has 1 atom stereocenters. The summed E-state index contributed by atoms with van der Waals surface area (Å²) in [6.45, 7) is 6.46. The molecule has 13 heteroatoms. The summed E-state index contributed by atoms with van der Waals surface area (Å²) in [5.41, 5.74) is -0.0530. The third kappa shape index (κ3) is 6.19. The SMILES string of the molecule is CC(C)(C)C(C(=O)O)N(c1ccc2c(ccn2-c2ccc(NC3CCOCC3)nn2)c1)S(=O)(=O)c1cc(Cl)cc(Cl)c1. The van der Waals surface area contributed by atoms with Crippen LogP contribution in [-0.2, 0) is 19.6 Å². The van der Waals surface area contributed by atoms with E-state index in [1.807, 2.05) is 22.8 Å². The quantitative estimate of drug-likeness (QED) is 0.242. The van der Waals surface area contributed by atoms with Crippen LogP contribution in [0.4, 0.5) is 11.5 Å². The minimum absolute atomic E-state index is 0.117. The third-order valence-electron chi connectivity index (χ3n) is 7.08. The van der Waals surface area contributed by atoms with E-state index in [9.17, 15) is 18.3 Å². The molecule has 4 aromatic rings. The molecule has 5 rings (SSSR count). The monoisotopic (exact) mass is 631 g/mol. The van der Waals surface area contributed by atoms with Gasteiger partial charge in [-0.3, -0.25) is 8.87 Å². The first kappa shape index (κ1) is 30.1. The number of halogens is 2. The highest BCUT2D eigenvalue weighted by molar-refractivity contribution is 7.93. The number of carbonyl (C=O) groups is 1. The van der Waals surface area contributed by atoms with Gasteiger partial charge in [-0.25, -0.2) is 13.2 Å². The molecule has 1 unspecified atom stereocenters. The number of hydrogen-bond acceptors (Lipinski definition) is 7. The number of sulfonamides is 1. The van der Waals surface area contributed by atoms with Crippen LogP contribution in [0.5, 0.6) is 0 Å². The van der Waals surface area contributed by atoms with E-state index < -0.39 is 27.4 Å². The smallest absolute Gasteiger partial charge is 0.328 e. The largest absolute Gasteiger partial charge is 0.480 e. The van der Waals surface area contributed by atoms with Gasteiger partial charge < -0.3 is 15.2 Å².